The summed E-state index contributed by atoms with van der Waals surface area (Å²) in [6.45, 7) is 0.156. The SMILES string of the molecule is COc1ccc(C#N)cc1CN1C(=O)C2CC=CCC2C1=O. The molecule has 112 valence electrons. The first-order chi connectivity index (χ1) is 10.7. The number of carbonyl (C=O) groups is 2. The van der Waals surface area contributed by atoms with Crippen LogP contribution in [-0.4, -0.2) is 23.8 Å². The van der Waals surface area contributed by atoms with Gasteiger partial charge in [0.05, 0.1) is 37.1 Å². The first-order valence-electron chi connectivity index (χ1n) is 7.23. The third-order valence-electron chi connectivity index (χ3n) is 4.34. The van der Waals surface area contributed by atoms with E-state index >= 15 is 0 Å². The number of likely N-dealkylation sites (tertiary alicyclic amines) is 1. The Morgan fingerprint density at radius 3 is 2.41 bits per heavy atom. The maximum atomic E-state index is 12.5. The number of methoxy groups -OCH3 is 1. The molecule has 1 heterocycles. The summed E-state index contributed by atoms with van der Waals surface area (Å²) in [5.41, 5.74) is 1.16. The number of allylic oxidation sites excluding steroid dienone is 2. The minimum atomic E-state index is -0.234. The zero-order valence-corrected chi connectivity index (χ0v) is 12.3. The number of hydrogen-bond donors (Lipinski definition) is 0. The molecule has 2 unspecified atom stereocenters. The summed E-state index contributed by atoms with van der Waals surface area (Å²) < 4.78 is 5.27. The second kappa shape index (κ2) is 5.64. The van der Waals surface area contributed by atoms with E-state index in [9.17, 15) is 9.59 Å². The molecule has 2 atom stereocenters. The highest BCUT2D eigenvalue weighted by molar-refractivity contribution is 6.05. The van der Waals surface area contributed by atoms with E-state index in [2.05, 4.69) is 6.07 Å². The molecular weight excluding hydrogens is 280 g/mol. The van der Waals surface area contributed by atoms with Crippen LogP contribution in [0.25, 0.3) is 0 Å². The van der Waals surface area contributed by atoms with Crippen molar-refractivity contribution < 1.29 is 14.3 Å². The molecule has 3 rings (SSSR count). The molecule has 0 N–H and O–H groups in total. The molecule has 2 amide bonds. The number of nitrogens with zero attached hydrogens (tertiary/aromatic N) is 2. The third-order valence-corrected chi connectivity index (χ3v) is 4.34. The monoisotopic (exact) mass is 296 g/mol. The summed E-state index contributed by atoms with van der Waals surface area (Å²) in [4.78, 5) is 26.3. The van der Waals surface area contributed by atoms with Crippen LogP contribution < -0.4 is 4.74 Å². The van der Waals surface area contributed by atoms with Crippen molar-refractivity contribution in [1.82, 2.24) is 4.90 Å². The van der Waals surface area contributed by atoms with Gasteiger partial charge < -0.3 is 4.74 Å². The van der Waals surface area contributed by atoms with Gasteiger partial charge in [0.15, 0.2) is 0 Å². The van der Waals surface area contributed by atoms with Gasteiger partial charge in [-0.3, -0.25) is 14.5 Å². The van der Waals surface area contributed by atoms with Crippen molar-refractivity contribution in [3.05, 3.63) is 41.5 Å². The standard InChI is InChI=1S/C17H16N2O3/c1-22-15-7-6-11(9-18)8-12(15)10-19-16(20)13-4-2-3-5-14(13)17(19)21/h2-3,6-8,13-14H,4-5,10H2,1H3. The Bertz CT molecular complexity index is 676. The Balaban J connectivity index is 1.89. The Morgan fingerprint density at radius 1 is 1.23 bits per heavy atom. The maximum Gasteiger partial charge on any atom is 0.233 e. The molecule has 5 heteroatoms. The molecule has 1 saturated heterocycles. The average molecular weight is 296 g/mol. The number of fused-ring (bicyclic) bond motifs is 1. The van der Waals surface area contributed by atoms with Gasteiger partial charge in [-0.05, 0) is 31.0 Å². The maximum absolute atomic E-state index is 12.5. The van der Waals surface area contributed by atoms with E-state index in [1.807, 2.05) is 12.2 Å². The van der Waals surface area contributed by atoms with Crippen LogP contribution in [0.2, 0.25) is 0 Å². The lowest BCUT2D eigenvalue weighted by Crippen LogP contribution is -2.30. The van der Waals surface area contributed by atoms with E-state index < -0.39 is 0 Å². The predicted octanol–water partition coefficient (Wildman–Crippen LogP) is 2.02. The zero-order valence-electron chi connectivity index (χ0n) is 12.3. The molecule has 22 heavy (non-hydrogen) atoms. The van der Waals surface area contributed by atoms with Crippen LogP contribution in [0.4, 0.5) is 0 Å². The van der Waals surface area contributed by atoms with Crippen LogP contribution in [0.1, 0.15) is 24.0 Å². The summed E-state index contributed by atoms with van der Waals surface area (Å²) >= 11 is 0. The molecule has 5 nitrogen and oxygen atoms in total. The summed E-state index contributed by atoms with van der Waals surface area (Å²) in [7, 11) is 1.53. The average Bonchev–Trinajstić information content (AvgIpc) is 2.80. The molecule has 2 aliphatic rings. The van der Waals surface area contributed by atoms with Crippen molar-refractivity contribution >= 4 is 11.8 Å². The van der Waals surface area contributed by atoms with Gasteiger partial charge in [-0.25, -0.2) is 0 Å². The first kappa shape index (κ1) is 14.3. The summed E-state index contributed by atoms with van der Waals surface area (Å²) in [6.07, 6.45) is 5.18. The molecular formula is C17H16N2O3. The van der Waals surface area contributed by atoms with Gasteiger partial charge >= 0.3 is 0 Å². The molecule has 1 aromatic rings. The number of ether oxygens (including phenoxy) is 1. The van der Waals surface area contributed by atoms with Crippen molar-refractivity contribution in [2.45, 2.75) is 19.4 Å². The highest BCUT2D eigenvalue weighted by Gasteiger charge is 2.47. The van der Waals surface area contributed by atoms with Gasteiger partial charge in [0.1, 0.15) is 5.75 Å². The molecule has 0 bridgehead atoms. The van der Waals surface area contributed by atoms with E-state index in [1.54, 1.807) is 18.2 Å². The lowest BCUT2D eigenvalue weighted by molar-refractivity contribution is -0.140. The third kappa shape index (κ3) is 2.27. The lowest BCUT2D eigenvalue weighted by Gasteiger charge is -2.17. The van der Waals surface area contributed by atoms with Gasteiger partial charge in [0.2, 0.25) is 11.8 Å². The van der Waals surface area contributed by atoms with Crippen LogP contribution in [0.3, 0.4) is 0 Å². The van der Waals surface area contributed by atoms with Crippen molar-refractivity contribution in [3.63, 3.8) is 0 Å². The normalized spacial score (nSPS) is 23.4. The molecule has 0 aromatic heterocycles. The van der Waals surface area contributed by atoms with Crippen LogP contribution in [-0.2, 0) is 16.1 Å². The molecule has 0 spiro atoms. The number of rotatable bonds is 3. The minimum Gasteiger partial charge on any atom is -0.496 e. The number of imide groups is 1. The number of amides is 2. The van der Waals surface area contributed by atoms with E-state index in [-0.39, 0.29) is 30.2 Å². The molecule has 1 aliphatic heterocycles. The van der Waals surface area contributed by atoms with E-state index in [4.69, 9.17) is 10.00 Å². The Kier molecular flexibility index (Phi) is 3.68. The molecule has 1 aliphatic carbocycles. The van der Waals surface area contributed by atoms with Crippen LogP contribution in [0.5, 0.6) is 5.75 Å². The fraction of sp³-hybridized carbons (Fsp3) is 0.353. The molecule has 0 radical (unpaired) electrons. The molecule has 1 fully saturated rings. The van der Waals surface area contributed by atoms with Crippen molar-refractivity contribution in [3.8, 4) is 11.8 Å². The van der Waals surface area contributed by atoms with Gasteiger partial charge in [0, 0.05) is 5.56 Å². The number of hydrogen-bond acceptors (Lipinski definition) is 4. The Morgan fingerprint density at radius 2 is 1.86 bits per heavy atom. The van der Waals surface area contributed by atoms with Crippen LogP contribution in [0, 0.1) is 23.2 Å². The minimum absolute atomic E-state index is 0.122. The quantitative estimate of drug-likeness (QED) is 0.632. The van der Waals surface area contributed by atoms with Gasteiger partial charge in [-0.1, -0.05) is 12.2 Å². The van der Waals surface area contributed by atoms with E-state index in [1.165, 1.54) is 12.0 Å². The van der Waals surface area contributed by atoms with Crippen LogP contribution >= 0.6 is 0 Å². The second-order valence-electron chi connectivity index (χ2n) is 5.56. The molecule has 0 saturated carbocycles. The van der Waals surface area contributed by atoms with Gasteiger partial charge in [0.25, 0.3) is 0 Å². The predicted molar refractivity (Wildman–Crippen MR) is 78.6 cm³/mol. The van der Waals surface area contributed by atoms with Gasteiger partial charge in [-0.15, -0.1) is 0 Å². The Hall–Kier alpha value is -2.61. The second-order valence-corrected chi connectivity index (χ2v) is 5.56. The summed E-state index contributed by atoms with van der Waals surface area (Å²) in [5.74, 6) is -0.134. The van der Waals surface area contributed by atoms with Crippen LogP contribution in [0.15, 0.2) is 30.4 Å². The lowest BCUT2D eigenvalue weighted by atomic mass is 9.85. The highest BCUT2D eigenvalue weighted by atomic mass is 16.5. The van der Waals surface area contributed by atoms with E-state index in [0.717, 1.165) is 0 Å². The van der Waals surface area contributed by atoms with Crippen molar-refractivity contribution in [2.24, 2.45) is 11.8 Å². The smallest absolute Gasteiger partial charge is 0.233 e. The number of carbonyl (C=O) groups excluding carboxylic acids is 2. The van der Waals surface area contributed by atoms with E-state index in [0.29, 0.717) is 29.7 Å². The fourth-order valence-electron chi connectivity index (χ4n) is 3.17. The summed E-state index contributed by atoms with van der Waals surface area (Å²) in [5, 5.41) is 9.01. The van der Waals surface area contributed by atoms with Gasteiger partial charge in [-0.2, -0.15) is 5.26 Å². The highest BCUT2D eigenvalue weighted by Crippen LogP contribution is 2.36. The Labute approximate surface area is 128 Å². The summed E-state index contributed by atoms with van der Waals surface area (Å²) in [6, 6.07) is 7.07. The van der Waals surface area contributed by atoms with Crippen molar-refractivity contribution in [1.29, 1.82) is 5.26 Å². The number of benzene rings is 1. The topological polar surface area (TPSA) is 70.4 Å². The number of nitriles is 1. The fourth-order valence-corrected chi connectivity index (χ4v) is 3.17. The largest absolute Gasteiger partial charge is 0.496 e. The molecule has 1 aromatic carbocycles. The van der Waals surface area contributed by atoms with Crippen molar-refractivity contribution in [2.75, 3.05) is 7.11 Å². The zero-order chi connectivity index (χ0) is 15.7. The first-order valence-corrected chi connectivity index (χ1v) is 7.23.